The number of hydrogen-bond donors (Lipinski definition) is 3. The lowest BCUT2D eigenvalue weighted by atomic mass is 10.1. The molecule has 0 bridgehead atoms. The zero-order valence-corrected chi connectivity index (χ0v) is 19.1. The zero-order valence-electron chi connectivity index (χ0n) is 19.1. The van der Waals surface area contributed by atoms with Crippen LogP contribution in [0.15, 0.2) is 43.0 Å². The highest BCUT2D eigenvalue weighted by atomic mass is 16.4. The number of aliphatic carboxylic acids is 1. The van der Waals surface area contributed by atoms with Gasteiger partial charge in [0.2, 0.25) is 0 Å². The quantitative estimate of drug-likeness (QED) is 0.405. The van der Waals surface area contributed by atoms with E-state index in [-0.39, 0.29) is 7.43 Å². The van der Waals surface area contributed by atoms with Crippen molar-refractivity contribution in [1.29, 1.82) is 0 Å². The Morgan fingerprint density at radius 3 is 2.03 bits per heavy atom. The lowest BCUT2D eigenvalue weighted by Crippen LogP contribution is -2.20. The van der Waals surface area contributed by atoms with Gasteiger partial charge >= 0.3 is 0 Å². The van der Waals surface area contributed by atoms with Gasteiger partial charge in [0.15, 0.2) is 0 Å². The van der Waals surface area contributed by atoms with E-state index in [1.165, 1.54) is 25.8 Å². The van der Waals surface area contributed by atoms with E-state index >= 15 is 0 Å². The number of aliphatic hydroxyl groups is 1. The average Bonchev–Trinajstić information content (AvgIpc) is 3.25. The van der Waals surface area contributed by atoms with Crippen LogP contribution in [0.3, 0.4) is 0 Å². The van der Waals surface area contributed by atoms with Gasteiger partial charge in [-0.3, -0.25) is 4.79 Å². The minimum atomic E-state index is -0.833. The summed E-state index contributed by atoms with van der Waals surface area (Å²) in [6.45, 7) is 15.5. The second-order valence-electron chi connectivity index (χ2n) is 4.93. The molecule has 1 atom stereocenters. The molecule has 0 saturated carbocycles. The largest absolute Gasteiger partial charge is 0.481 e. The third kappa shape index (κ3) is 37.4. The van der Waals surface area contributed by atoms with Gasteiger partial charge in [-0.25, -0.2) is 0 Å². The molecule has 1 aliphatic rings. The maximum Gasteiger partial charge on any atom is 0.300 e. The van der Waals surface area contributed by atoms with Gasteiger partial charge in [-0.15, -0.1) is 6.58 Å². The van der Waals surface area contributed by atoms with E-state index in [0.717, 1.165) is 32.1 Å². The Balaban J connectivity index is -0.000000116. The molecule has 29 heavy (non-hydrogen) atoms. The topological polar surface area (TPSA) is 69.6 Å². The van der Waals surface area contributed by atoms with Crippen molar-refractivity contribution in [1.82, 2.24) is 5.32 Å². The van der Waals surface area contributed by atoms with Crippen molar-refractivity contribution in [2.45, 2.75) is 80.7 Å². The maximum atomic E-state index is 9.00. The number of carboxylic acid groups (broad SMARTS) is 1. The van der Waals surface area contributed by atoms with Crippen molar-refractivity contribution < 1.29 is 15.0 Å². The van der Waals surface area contributed by atoms with Crippen molar-refractivity contribution in [3.05, 3.63) is 48.6 Å². The number of nitrogens with one attached hydrogen (secondary N) is 1. The predicted octanol–water partition coefficient (Wildman–Crippen LogP) is 6.15. The molecule has 1 aliphatic heterocycles. The molecule has 1 fully saturated rings. The van der Waals surface area contributed by atoms with Crippen LogP contribution in [0.5, 0.6) is 0 Å². The van der Waals surface area contributed by atoms with Gasteiger partial charge in [0.1, 0.15) is 0 Å². The molecule has 0 aliphatic carbocycles. The van der Waals surface area contributed by atoms with Crippen LogP contribution >= 0.6 is 0 Å². The first-order chi connectivity index (χ1) is 13.6. The molecule has 0 amide bonds. The lowest BCUT2D eigenvalue weighted by molar-refractivity contribution is -0.134. The molecule has 0 radical (unpaired) electrons. The van der Waals surface area contributed by atoms with E-state index in [2.05, 4.69) is 35.9 Å². The van der Waals surface area contributed by atoms with E-state index in [1.807, 2.05) is 52.8 Å². The SMILES string of the molecule is C.C(#Cc1ccccc1)CCC1CCCN1.C=CC.CC.CC.CC(=O)O.CO. The van der Waals surface area contributed by atoms with Gasteiger partial charge < -0.3 is 15.5 Å². The first-order valence-electron chi connectivity index (χ1n) is 10.1. The highest BCUT2D eigenvalue weighted by Crippen LogP contribution is 2.09. The van der Waals surface area contributed by atoms with Crippen LogP contribution in [0.1, 0.15) is 80.2 Å². The molecule has 0 spiro atoms. The summed E-state index contributed by atoms with van der Waals surface area (Å²) < 4.78 is 0. The van der Waals surface area contributed by atoms with Crippen molar-refractivity contribution in [2.24, 2.45) is 0 Å². The molecule has 1 heterocycles. The Kier molecular flexibility index (Phi) is 47.7. The third-order valence-electron chi connectivity index (χ3n) is 2.79. The first kappa shape index (κ1) is 37.6. The fourth-order valence-corrected chi connectivity index (χ4v) is 1.94. The molecule has 4 heteroatoms. The zero-order chi connectivity index (χ0) is 22.6. The van der Waals surface area contributed by atoms with Crippen LogP contribution in [-0.4, -0.2) is 35.9 Å². The van der Waals surface area contributed by atoms with Gasteiger partial charge in [0.25, 0.3) is 5.97 Å². The second-order valence-corrected chi connectivity index (χ2v) is 4.93. The number of benzene rings is 1. The van der Waals surface area contributed by atoms with Crippen LogP contribution < -0.4 is 5.32 Å². The fraction of sp³-hybridized carbons (Fsp3) is 0.560. The summed E-state index contributed by atoms with van der Waals surface area (Å²) in [5, 5.41) is 17.9. The Hall–Kier alpha value is -2.09. The summed E-state index contributed by atoms with van der Waals surface area (Å²) in [4.78, 5) is 9.00. The molecule has 2 rings (SSSR count). The van der Waals surface area contributed by atoms with E-state index in [1.54, 1.807) is 6.08 Å². The summed E-state index contributed by atoms with van der Waals surface area (Å²) in [6, 6.07) is 10.9. The van der Waals surface area contributed by atoms with Gasteiger partial charge in [0.05, 0.1) is 0 Å². The summed E-state index contributed by atoms with van der Waals surface area (Å²) in [5.41, 5.74) is 1.12. The Morgan fingerprint density at radius 1 is 1.21 bits per heavy atom. The number of carboxylic acids is 1. The summed E-state index contributed by atoms with van der Waals surface area (Å²) in [5.74, 6) is 5.60. The number of hydrogen-bond acceptors (Lipinski definition) is 3. The highest BCUT2D eigenvalue weighted by molar-refractivity contribution is 5.62. The van der Waals surface area contributed by atoms with E-state index in [4.69, 9.17) is 15.0 Å². The van der Waals surface area contributed by atoms with Gasteiger partial charge in [-0.05, 0) is 44.9 Å². The molecule has 0 aromatic heterocycles. The Labute approximate surface area is 181 Å². The number of allylic oxidation sites excluding steroid dienone is 1. The number of rotatable bonds is 2. The van der Waals surface area contributed by atoms with Gasteiger partial charge in [0, 0.05) is 32.1 Å². The smallest absolute Gasteiger partial charge is 0.300 e. The van der Waals surface area contributed by atoms with Crippen LogP contribution in [0.2, 0.25) is 0 Å². The molecule has 3 N–H and O–H groups in total. The molecular weight excluding hydrogens is 362 g/mol. The molecule has 4 nitrogen and oxygen atoms in total. The van der Waals surface area contributed by atoms with E-state index in [0.29, 0.717) is 0 Å². The highest BCUT2D eigenvalue weighted by Gasteiger charge is 2.11. The fourth-order valence-electron chi connectivity index (χ4n) is 1.94. The predicted molar refractivity (Wildman–Crippen MR) is 130 cm³/mol. The third-order valence-corrected chi connectivity index (χ3v) is 2.79. The van der Waals surface area contributed by atoms with Crippen LogP contribution in [-0.2, 0) is 4.79 Å². The number of aliphatic hydroxyl groups excluding tert-OH is 1. The Morgan fingerprint density at radius 2 is 1.66 bits per heavy atom. The van der Waals surface area contributed by atoms with Crippen LogP contribution in [0.25, 0.3) is 0 Å². The van der Waals surface area contributed by atoms with Crippen molar-refractivity contribution in [3.63, 3.8) is 0 Å². The Bertz CT molecular complexity index is 466. The minimum Gasteiger partial charge on any atom is -0.481 e. The maximum absolute atomic E-state index is 9.00. The molecule has 1 aromatic carbocycles. The summed E-state index contributed by atoms with van der Waals surface area (Å²) in [7, 11) is 1.00. The first-order valence-corrected chi connectivity index (χ1v) is 10.1. The molecular formula is C25H47NO3. The van der Waals surface area contributed by atoms with E-state index < -0.39 is 5.97 Å². The van der Waals surface area contributed by atoms with Gasteiger partial charge in [-0.1, -0.05) is 71.2 Å². The lowest BCUT2D eigenvalue weighted by Gasteiger charge is -2.05. The second kappa shape index (κ2) is 36.8. The number of carbonyl (C=O) groups is 1. The minimum absolute atomic E-state index is 0. The molecule has 1 aromatic rings. The average molecular weight is 410 g/mol. The van der Waals surface area contributed by atoms with Crippen molar-refractivity contribution in [3.8, 4) is 11.8 Å². The van der Waals surface area contributed by atoms with Crippen LogP contribution in [0, 0.1) is 11.8 Å². The van der Waals surface area contributed by atoms with Crippen molar-refractivity contribution >= 4 is 5.97 Å². The standard InChI is InChI=1S/C14H17N.C3H6.C2H4O2.2C2H6.CH4O.CH4/c1-2-7-13(8-3-1)9-4-5-10-14-11-6-12-15-14;1-3-2;1-2(3)4;3*1-2;/h1-3,7-8,14-15H,5-6,10-12H2;3H,1H2,2H3;1H3,(H,3,4);2*1-2H3;2H,1H3;1H4. The van der Waals surface area contributed by atoms with Crippen LogP contribution in [0.4, 0.5) is 0 Å². The monoisotopic (exact) mass is 409 g/mol. The molecule has 1 saturated heterocycles. The summed E-state index contributed by atoms with van der Waals surface area (Å²) in [6.07, 6.45) is 6.61. The van der Waals surface area contributed by atoms with E-state index in [9.17, 15) is 0 Å². The molecule has 1 unspecified atom stereocenters. The normalized spacial score (nSPS) is 12.1. The van der Waals surface area contributed by atoms with Gasteiger partial charge in [-0.2, -0.15) is 0 Å². The summed E-state index contributed by atoms with van der Waals surface area (Å²) >= 11 is 0. The molecule has 170 valence electrons. The van der Waals surface area contributed by atoms with Crippen molar-refractivity contribution in [2.75, 3.05) is 13.7 Å².